The first-order valence-corrected chi connectivity index (χ1v) is 4.44. The monoisotopic (exact) mass is 154 g/mol. The highest BCUT2D eigenvalue weighted by Gasteiger charge is 2.18. The topological polar surface area (TPSA) is 29.1 Å². The van der Waals surface area contributed by atoms with Gasteiger partial charge in [-0.1, -0.05) is 6.92 Å². The number of nitrogens with one attached hydrogen (secondary N) is 1. The van der Waals surface area contributed by atoms with Gasteiger partial charge < -0.3 is 5.32 Å². The van der Waals surface area contributed by atoms with Crippen molar-refractivity contribution in [2.45, 2.75) is 38.6 Å². The molecule has 1 fully saturated rings. The molecule has 2 nitrogen and oxygen atoms in total. The van der Waals surface area contributed by atoms with Gasteiger partial charge in [0, 0.05) is 6.42 Å². The third-order valence-electron chi connectivity index (χ3n) is 1.99. The summed E-state index contributed by atoms with van der Waals surface area (Å²) in [5.41, 5.74) is 0. The molecule has 1 aliphatic heterocycles. The average Bonchev–Trinajstić information content (AvgIpc) is 2.07. The molecule has 11 heavy (non-hydrogen) atoms. The van der Waals surface area contributed by atoms with Crippen molar-refractivity contribution in [1.82, 2.24) is 5.32 Å². The van der Waals surface area contributed by atoms with Crippen molar-refractivity contribution >= 4 is 5.78 Å². The van der Waals surface area contributed by atoms with Crippen molar-refractivity contribution in [1.29, 1.82) is 0 Å². The maximum Gasteiger partial charge on any atom is 0.150 e. The number of carbonyl (C=O) groups excluding carboxylic acids is 1. The summed E-state index contributed by atoms with van der Waals surface area (Å²) in [6.07, 6.45) is 6.05. The Balaban J connectivity index is 2.27. The minimum absolute atomic E-state index is 0.0590. The molecule has 0 aromatic heterocycles. The van der Waals surface area contributed by atoms with Crippen molar-refractivity contribution in [3.63, 3.8) is 0 Å². The highest BCUT2D eigenvalue weighted by molar-refractivity contribution is 5.85. The summed E-state index contributed by atoms with van der Waals surface area (Å²) in [7, 11) is 0. The predicted octanol–water partition coefficient (Wildman–Crippen LogP) is 1.31. The standard InChI is InChI=1S/C9H16NO/c1-2-5-9(11)8-6-3-4-7-10-8/h6,8,10H,2-5,7H2,1H3. The Hall–Kier alpha value is -0.370. The molecule has 0 aromatic rings. The summed E-state index contributed by atoms with van der Waals surface area (Å²) in [5, 5.41) is 3.20. The van der Waals surface area contributed by atoms with Crippen molar-refractivity contribution in [2.24, 2.45) is 0 Å². The molecular weight excluding hydrogens is 138 g/mol. The van der Waals surface area contributed by atoms with Gasteiger partial charge in [0.15, 0.2) is 0 Å². The van der Waals surface area contributed by atoms with E-state index in [0.29, 0.717) is 12.2 Å². The lowest BCUT2D eigenvalue weighted by atomic mass is 9.99. The molecule has 1 radical (unpaired) electrons. The van der Waals surface area contributed by atoms with Crippen molar-refractivity contribution in [3.8, 4) is 0 Å². The molecule has 1 aliphatic rings. The van der Waals surface area contributed by atoms with Crippen LogP contribution >= 0.6 is 0 Å². The highest BCUT2D eigenvalue weighted by Crippen LogP contribution is 2.08. The summed E-state index contributed by atoms with van der Waals surface area (Å²) in [4.78, 5) is 11.3. The van der Waals surface area contributed by atoms with Gasteiger partial charge in [-0.25, -0.2) is 0 Å². The van der Waals surface area contributed by atoms with Crippen LogP contribution in [-0.2, 0) is 4.79 Å². The van der Waals surface area contributed by atoms with E-state index >= 15 is 0 Å². The second-order valence-corrected chi connectivity index (χ2v) is 3.03. The normalized spacial score (nSPS) is 25.0. The highest BCUT2D eigenvalue weighted by atomic mass is 16.1. The van der Waals surface area contributed by atoms with Gasteiger partial charge in [0.05, 0.1) is 6.04 Å². The van der Waals surface area contributed by atoms with E-state index < -0.39 is 0 Å². The Labute approximate surface area is 68.4 Å². The van der Waals surface area contributed by atoms with Crippen LogP contribution < -0.4 is 5.32 Å². The molecule has 1 rings (SSSR count). The number of carbonyl (C=O) groups is 1. The molecule has 1 atom stereocenters. The molecule has 0 spiro atoms. The summed E-state index contributed by atoms with van der Waals surface area (Å²) >= 11 is 0. The van der Waals surface area contributed by atoms with Crippen molar-refractivity contribution in [3.05, 3.63) is 6.42 Å². The van der Waals surface area contributed by atoms with Crippen LogP contribution in [0.5, 0.6) is 0 Å². The van der Waals surface area contributed by atoms with E-state index in [2.05, 4.69) is 11.7 Å². The lowest BCUT2D eigenvalue weighted by molar-refractivity contribution is -0.120. The second-order valence-electron chi connectivity index (χ2n) is 3.03. The third kappa shape index (κ3) is 2.62. The van der Waals surface area contributed by atoms with Crippen LogP contribution in [0.4, 0.5) is 0 Å². The van der Waals surface area contributed by atoms with E-state index in [1.54, 1.807) is 0 Å². The van der Waals surface area contributed by atoms with Gasteiger partial charge in [0.25, 0.3) is 0 Å². The molecule has 0 aliphatic carbocycles. The van der Waals surface area contributed by atoms with Gasteiger partial charge in [-0.15, -0.1) is 0 Å². The lowest BCUT2D eigenvalue weighted by Gasteiger charge is -2.21. The van der Waals surface area contributed by atoms with Crippen LogP contribution in [0.1, 0.15) is 32.6 Å². The van der Waals surface area contributed by atoms with E-state index in [0.717, 1.165) is 19.4 Å². The maximum absolute atomic E-state index is 11.3. The van der Waals surface area contributed by atoms with Crippen molar-refractivity contribution in [2.75, 3.05) is 6.54 Å². The molecule has 1 heterocycles. The zero-order valence-electron chi connectivity index (χ0n) is 7.10. The Bertz CT molecular complexity index is 128. The minimum Gasteiger partial charge on any atom is -0.307 e. The van der Waals surface area contributed by atoms with Crippen LogP contribution in [0.2, 0.25) is 0 Å². The van der Waals surface area contributed by atoms with E-state index in [-0.39, 0.29) is 6.04 Å². The second kappa shape index (κ2) is 4.50. The number of rotatable bonds is 3. The van der Waals surface area contributed by atoms with Gasteiger partial charge in [-0.3, -0.25) is 4.79 Å². The number of piperidine rings is 1. The zero-order chi connectivity index (χ0) is 8.10. The van der Waals surface area contributed by atoms with Crippen LogP contribution in [0.25, 0.3) is 0 Å². The van der Waals surface area contributed by atoms with Crippen LogP contribution in [0.15, 0.2) is 0 Å². The molecule has 0 amide bonds. The molecule has 2 heteroatoms. The number of Topliss-reactive ketones (excluding diaryl/α,β-unsaturated/α-hetero) is 1. The summed E-state index contributed by atoms with van der Waals surface area (Å²) in [6, 6.07) is 0.0590. The fourth-order valence-corrected chi connectivity index (χ4v) is 1.37. The molecule has 0 aromatic carbocycles. The van der Waals surface area contributed by atoms with Gasteiger partial charge in [0.1, 0.15) is 5.78 Å². The van der Waals surface area contributed by atoms with E-state index in [1.807, 2.05) is 6.92 Å². The van der Waals surface area contributed by atoms with Crippen molar-refractivity contribution < 1.29 is 4.79 Å². The maximum atomic E-state index is 11.3. The molecule has 0 saturated carbocycles. The predicted molar refractivity (Wildman–Crippen MR) is 45.2 cm³/mol. The Morgan fingerprint density at radius 2 is 2.55 bits per heavy atom. The average molecular weight is 154 g/mol. The smallest absolute Gasteiger partial charge is 0.150 e. The summed E-state index contributed by atoms with van der Waals surface area (Å²) in [5.74, 6) is 0.354. The molecule has 1 unspecified atom stereocenters. The van der Waals surface area contributed by atoms with Crippen LogP contribution in [-0.4, -0.2) is 18.4 Å². The first kappa shape index (κ1) is 8.72. The third-order valence-corrected chi connectivity index (χ3v) is 1.99. The molecular formula is C9H16NO. The Kier molecular flexibility index (Phi) is 3.57. The van der Waals surface area contributed by atoms with Gasteiger partial charge in [-0.05, 0) is 32.2 Å². The molecule has 1 saturated heterocycles. The van der Waals surface area contributed by atoms with Gasteiger partial charge in [0.2, 0.25) is 0 Å². The van der Waals surface area contributed by atoms with Gasteiger partial charge in [-0.2, -0.15) is 0 Å². The molecule has 1 N–H and O–H groups in total. The molecule has 63 valence electrons. The zero-order valence-corrected chi connectivity index (χ0v) is 7.10. The fourth-order valence-electron chi connectivity index (χ4n) is 1.37. The van der Waals surface area contributed by atoms with Crippen LogP contribution in [0, 0.1) is 6.42 Å². The molecule has 0 bridgehead atoms. The number of hydrogen-bond acceptors (Lipinski definition) is 2. The Morgan fingerprint density at radius 3 is 3.09 bits per heavy atom. The SMILES string of the molecule is CCCC(=O)C1[CH]CCCN1. The first-order chi connectivity index (χ1) is 5.34. The lowest BCUT2D eigenvalue weighted by Crippen LogP contribution is -2.40. The number of hydrogen-bond donors (Lipinski definition) is 1. The van der Waals surface area contributed by atoms with Crippen LogP contribution in [0.3, 0.4) is 0 Å². The minimum atomic E-state index is 0.0590. The number of ketones is 1. The summed E-state index contributed by atoms with van der Waals surface area (Å²) in [6.45, 7) is 3.04. The first-order valence-electron chi connectivity index (χ1n) is 4.44. The Morgan fingerprint density at radius 1 is 1.73 bits per heavy atom. The van der Waals surface area contributed by atoms with E-state index in [9.17, 15) is 4.79 Å². The fraction of sp³-hybridized carbons (Fsp3) is 0.778. The van der Waals surface area contributed by atoms with E-state index in [4.69, 9.17) is 0 Å². The van der Waals surface area contributed by atoms with E-state index in [1.165, 1.54) is 6.42 Å². The quantitative estimate of drug-likeness (QED) is 0.664. The van der Waals surface area contributed by atoms with Gasteiger partial charge >= 0.3 is 0 Å². The largest absolute Gasteiger partial charge is 0.307 e. The summed E-state index contributed by atoms with van der Waals surface area (Å²) < 4.78 is 0.